The average molecular weight is 426 g/mol. The van der Waals surface area contributed by atoms with Gasteiger partial charge in [0.05, 0.1) is 18.9 Å². The van der Waals surface area contributed by atoms with Gasteiger partial charge in [-0.05, 0) is 30.5 Å². The molecule has 1 aliphatic carbocycles. The van der Waals surface area contributed by atoms with Crippen LogP contribution in [0.2, 0.25) is 0 Å². The van der Waals surface area contributed by atoms with Crippen LogP contribution < -0.4 is 16.0 Å². The lowest BCUT2D eigenvalue weighted by molar-refractivity contribution is -0.130. The Kier molecular flexibility index (Phi) is 5.67. The topological polar surface area (TPSA) is 117 Å². The largest absolute Gasteiger partial charge is 0.497 e. The second kappa shape index (κ2) is 8.41. The molecule has 2 N–H and O–H groups in total. The molecule has 2 aromatic rings. The molecular formula is C22H26N4O5. The predicted molar refractivity (Wildman–Crippen MR) is 115 cm³/mol. The Hall–Kier alpha value is -3.36. The van der Waals surface area contributed by atoms with Crippen molar-refractivity contribution in [3.63, 3.8) is 0 Å². The van der Waals surface area contributed by atoms with Crippen LogP contribution in [0.5, 0.6) is 11.6 Å². The van der Waals surface area contributed by atoms with Crippen LogP contribution in [0.15, 0.2) is 39.0 Å². The summed E-state index contributed by atoms with van der Waals surface area (Å²) in [4.78, 5) is 39.7. The van der Waals surface area contributed by atoms with E-state index in [-0.39, 0.29) is 35.5 Å². The van der Waals surface area contributed by atoms with E-state index >= 15 is 0 Å². The van der Waals surface area contributed by atoms with Crippen LogP contribution in [-0.2, 0) is 4.79 Å². The Morgan fingerprint density at radius 1 is 1.16 bits per heavy atom. The Bertz CT molecular complexity index is 1130. The lowest BCUT2D eigenvalue weighted by atomic mass is 9.95. The Morgan fingerprint density at radius 3 is 2.45 bits per heavy atom. The highest BCUT2D eigenvalue weighted by Gasteiger charge is 2.35. The van der Waals surface area contributed by atoms with Crippen LogP contribution in [0.3, 0.4) is 0 Å². The van der Waals surface area contributed by atoms with Gasteiger partial charge in [-0.15, -0.1) is 0 Å². The van der Waals surface area contributed by atoms with E-state index in [9.17, 15) is 19.5 Å². The summed E-state index contributed by atoms with van der Waals surface area (Å²) >= 11 is 0. The van der Waals surface area contributed by atoms with Crippen LogP contribution in [-0.4, -0.2) is 38.4 Å². The van der Waals surface area contributed by atoms with E-state index in [4.69, 9.17) is 4.74 Å². The highest BCUT2D eigenvalue weighted by Crippen LogP contribution is 2.35. The lowest BCUT2D eigenvalue weighted by Gasteiger charge is -2.25. The minimum atomic E-state index is -0.702. The van der Waals surface area contributed by atoms with Crippen molar-refractivity contribution >= 4 is 11.6 Å². The number of hydrogen-bond acceptors (Lipinski definition) is 6. The van der Waals surface area contributed by atoms with Crippen molar-refractivity contribution in [2.24, 2.45) is 5.10 Å². The fourth-order valence-corrected chi connectivity index (χ4v) is 4.51. The number of nitrogens with one attached hydrogen (secondary N) is 1. The van der Waals surface area contributed by atoms with Gasteiger partial charge in [0.1, 0.15) is 11.3 Å². The fourth-order valence-electron chi connectivity index (χ4n) is 4.51. The summed E-state index contributed by atoms with van der Waals surface area (Å²) in [6, 6.07) is 6.67. The molecule has 2 heterocycles. The molecule has 0 unspecified atom stereocenters. The fraction of sp³-hybridized carbons (Fsp3) is 0.455. The van der Waals surface area contributed by atoms with Crippen LogP contribution >= 0.6 is 0 Å². The van der Waals surface area contributed by atoms with Gasteiger partial charge in [0.2, 0.25) is 11.8 Å². The van der Waals surface area contributed by atoms with E-state index in [0.717, 1.165) is 37.7 Å². The number of hydrazone groups is 1. The number of methoxy groups -OCH3 is 1. The van der Waals surface area contributed by atoms with Gasteiger partial charge in [-0.25, -0.2) is 9.80 Å². The van der Waals surface area contributed by atoms with E-state index in [2.05, 4.69) is 10.1 Å². The zero-order valence-corrected chi connectivity index (χ0v) is 17.6. The molecule has 0 saturated heterocycles. The first-order valence-corrected chi connectivity index (χ1v) is 10.5. The van der Waals surface area contributed by atoms with Crippen molar-refractivity contribution in [1.29, 1.82) is 0 Å². The molecular weight excluding hydrogens is 400 g/mol. The SMILES string of the molecule is COc1ccc([C@H]2CC(c3c(O)n(C4CCCCC4)c(=O)[nH]c3=O)=NN2C(C)=O)cc1. The molecule has 0 bridgehead atoms. The first-order valence-electron chi connectivity index (χ1n) is 10.5. The van der Waals surface area contributed by atoms with Gasteiger partial charge in [-0.2, -0.15) is 5.10 Å². The summed E-state index contributed by atoms with van der Waals surface area (Å²) in [7, 11) is 1.57. The quantitative estimate of drug-likeness (QED) is 0.779. The van der Waals surface area contributed by atoms with Crippen LogP contribution in [0.1, 0.15) is 68.7 Å². The normalized spacial score (nSPS) is 19.4. The summed E-state index contributed by atoms with van der Waals surface area (Å²) in [5.74, 6) is 0.0246. The molecule has 31 heavy (non-hydrogen) atoms. The van der Waals surface area contributed by atoms with Gasteiger partial charge in [-0.1, -0.05) is 31.4 Å². The minimum absolute atomic E-state index is 0.0487. The van der Waals surface area contributed by atoms with E-state index in [1.54, 1.807) is 19.2 Å². The maximum Gasteiger partial charge on any atom is 0.331 e. The van der Waals surface area contributed by atoms with Gasteiger partial charge in [-0.3, -0.25) is 19.1 Å². The van der Waals surface area contributed by atoms with Crippen molar-refractivity contribution < 1.29 is 14.6 Å². The number of H-pyrrole nitrogens is 1. The van der Waals surface area contributed by atoms with E-state index in [0.29, 0.717) is 5.75 Å². The van der Waals surface area contributed by atoms with Gasteiger partial charge >= 0.3 is 5.69 Å². The third kappa shape index (κ3) is 3.87. The summed E-state index contributed by atoms with van der Waals surface area (Å²) in [5, 5.41) is 16.6. The molecule has 9 heteroatoms. The molecule has 1 fully saturated rings. The molecule has 1 atom stereocenters. The summed E-state index contributed by atoms with van der Waals surface area (Å²) in [5.41, 5.74) is -0.267. The number of ether oxygens (including phenoxy) is 1. The minimum Gasteiger partial charge on any atom is -0.497 e. The molecule has 0 radical (unpaired) electrons. The summed E-state index contributed by atoms with van der Waals surface area (Å²) < 4.78 is 6.46. The molecule has 0 spiro atoms. The maximum atomic E-state index is 12.7. The maximum absolute atomic E-state index is 12.7. The van der Waals surface area contributed by atoms with Crippen LogP contribution in [0.4, 0.5) is 0 Å². The number of aromatic hydroxyl groups is 1. The number of amides is 1. The average Bonchev–Trinajstić information content (AvgIpc) is 3.19. The highest BCUT2D eigenvalue weighted by atomic mass is 16.5. The molecule has 1 aromatic carbocycles. The number of hydrogen-bond donors (Lipinski definition) is 2. The van der Waals surface area contributed by atoms with Gasteiger partial charge in [0, 0.05) is 19.4 Å². The Labute approximate surface area is 179 Å². The molecule has 164 valence electrons. The number of carbonyl (C=O) groups is 1. The zero-order valence-electron chi connectivity index (χ0n) is 17.6. The molecule has 1 aromatic heterocycles. The van der Waals surface area contributed by atoms with Crippen molar-refractivity contribution in [3.8, 4) is 11.6 Å². The standard InChI is InChI=1S/C22H26N4O5/c1-13(27)26-18(14-8-10-16(31-2)11-9-14)12-17(24-26)19-20(28)23-22(30)25(21(19)29)15-6-4-3-5-7-15/h8-11,15,18,29H,3-7,12H2,1-2H3,(H,23,28,30)/t18-/m1/s1. The molecule has 9 nitrogen and oxygen atoms in total. The van der Waals surface area contributed by atoms with Gasteiger partial charge < -0.3 is 9.84 Å². The molecule has 2 aliphatic rings. The van der Waals surface area contributed by atoms with Crippen molar-refractivity contribution in [1.82, 2.24) is 14.6 Å². The van der Waals surface area contributed by atoms with Crippen LogP contribution in [0.25, 0.3) is 0 Å². The number of nitrogens with zero attached hydrogens (tertiary/aromatic N) is 3. The number of aromatic amines is 1. The lowest BCUT2D eigenvalue weighted by Crippen LogP contribution is -2.36. The van der Waals surface area contributed by atoms with Gasteiger partial charge in [0.25, 0.3) is 5.56 Å². The number of rotatable bonds is 4. The third-order valence-electron chi connectivity index (χ3n) is 6.08. The Balaban J connectivity index is 1.75. The van der Waals surface area contributed by atoms with E-state index in [1.165, 1.54) is 16.5 Å². The third-order valence-corrected chi connectivity index (χ3v) is 6.08. The summed E-state index contributed by atoms with van der Waals surface area (Å²) in [6.45, 7) is 1.40. The molecule has 1 aliphatic heterocycles. The van der Waals surface area contributed by atoms with Crippen molar-refractivity contribution in [2.45, 2.75) is 57.5 Å². The second-order valence-corrected chi connectivity index (χ2v) is 8.02. The predicted octanol–water partition coefficient (Wildman–Crippen LogP) is 2.45. The van der Waals surface area contributed by atoms with E-state index < -0.39 is 17.3 Å². The van der Waals surface area contributed by atoms with Crippen LogP contribution in [0, 0.1) is 0 Å². The molecule has 4 rings (SSSR count). The molecule has 1 amide bonds. The van der Waals surface area contributed by atoms with Gasteiger partial charge in [0.15, 0.2) is 0 Å². The summed E-state index contributed by atoms with van der Waals surface area (Å²) in [6.07, 6.45) is 4.78. The highest BCUT2D eigenvalue weighted by molar-refractivity contribution is 6.04. The second-order valence-electron chi connectivity index (χ2n) is 8.02. The monoisotopic (exact) mass is 426 g/mol. The Morgan fingerprint density at radius 2 is 1.84 bits per heavy atom. The number of benzene rings is 1. The first-order chi connectivity index (χ1) is 14.9. The molecule has 1 saturated carbocycles. The number of carbonyl (C=O) groups excluding carboxylic acids is 1. The zero-order chi connectivity index (χ0) is 22.1. The van der Waals surface area contributed by atoms with E-state index in [1.807, 2.05) is 12.1 Å². The first kappa shape index (κ1) is 20.9. The van der Waals surface area contributed by atoms with Crippen molar-refractivity contribution in [3.05, 3.63) is 56.2 Å². The smallest absolute Gasteiger partial charge is 0.331 e. The number of aromatic nitrogens is 2. The van der Waals surface area contributed by atoms with Crippen molar-refractivity contribution in [2.75, 3.05) is 7.11 Å².